The lowest BCUT2D eigenvalue weighted by atomic mass is 10.0. The lowest BCUT2D eigenvalue weighted by Gasteiger charge is -2.20. The molecule has 0 radical (unpaired) electrons. The summed E-state index contributed by atoms with van der Waals surface area (Å²) < 4.78 is 13.7. The van der Waals surface area contributed by atoms with Gasteiger partial charge < -0.3 is 9.74 Å². The van der Waals surface area contributed by atoms with Crippen molar-refractivity contribution in [2.75, 3.05) is 13.6 Å². The maximum atomic E-state index is 13.7. The minimum absolute atomic E-state index is 0.0669. The number of benzene rings is 2. The molecule has 118 valence electrons. The molecular formula is C18H17FN2O2. The fourth-order valence-corrected chi connectivity index (χ4v) is 2.56. The van der Waals surface area contributed by atoms with Crippen molar-refractivity contribution in [1.29, 1.82) is 0 Å². The molecule has 5 heteroatoms. The maximum absolute atomic E-state index is 13.7. The predicted octanol–water partition coefficient (Wildman–Crippen LogP) is 3.09. The smallest absolute Gasteiger partial charge is 0.256 e. The lowest BCUT2D eigenvalue weighted by molar-refractivity contribution is 0.0479. The summed E-state index contributed by atoms with van der Waals surface area (Å²) in [5.74, 6) is -0.877. The molecule has 3 rings (SSSR count). The number of carbonyl (C=O) groups excluding carboxylic acids is 1. The second-order valence-electron chi connectivity index (χ2n) is 5.50. The second-order valence-corrected chi connectivity index (χ2v) is 5.50. The van der Waals surface area contributed by atoms with E-state index in [1.165, 1.54) is 17.0 Å². The number of hydrogen-bond donors (Lipinski definition) is 0. The van der Waals surface area contributed by atoms with Crippen molar-refractivity contribution in [3.8, 4) is 0 Å². The average molecular weight is 312 g/mol. The highest BCUT2D eigenvalue weighted by Crippen LogP contribution is 2.18. The Balaban J connectivity index is 1.61. The zero-order valence-electron chi connectivity index (χ0n) is 12.8. The number of hydrogen-bond acceptors (Lipinski definition) is 3. The minimum Gasteiger partial charge on any atom is -0.390 e. The quantitative estimate of drug-likeness (QED) is 0.870. The van der Waals surface area contributed by atoms with Crippen LogP contribution in [0, 0.1) is 5.82 Å². The van der Waals surface area contributed by atoms with Crippen molar-refractivity contribution in [3.63, 3.8) is 0 Å². The van der Waals surface area contributed by atoms with Crippen molar-refractivity contribution in [1.82, 2.24) is 4.90 Å². The molecule has 1 aliphatic rings. The van der Waals surface area contributed by atoms with E-state index < -0.39 is 5.82 Å². The Kier molecular flexibility index (Phi) is 4.37. The van der Waals surface area contributed by atoms with Crippen LogP contribution in [0.15, 0.2) is 59.8 Å². The van der Waals surface area contributed by atoms with Gasteiger partial charge >= 0.3 is 0 Å². The Morgan fingerprint density at radius 3 is 2.65 bits per heavy atom. The van der Waals surface area contributed by atoms with Crippen molar-refractivity contribution in [2.24, 2.45) is 5.16 Å². The van der Waals surface area contributed by atoms with Gasteiger partial charge in [0.2, 0.25) is 0 Å². The van der Waals surface area contributed by atoms with Gasteiger partial charge in [-0.05, 0) is 17.7 Å². The highest BCUT2D eigenvalue weighted by molar-refractivity contribution is 6.01. The molecule has 4 nitrogen and oxygen atoms in total. The Bertz CT molecular complexity index is 731. The highest BCUT2D eigenvalue weighted by Gasteiger charge is 2.26. The molecular weight excluding hydrogens is 295 g/mol. The van der Waals surface area contributed by atoms with Crippen LogP contribution in [0.2, 0.25) is 0 Å². The normalized spacial score (nSPS) is 16.6. The van der Waals surface area contributed by atoms with Gasteiger partial charge in [-0.3, -0.25) is 4.79 Å². The molecule has 1 aliphatic heterocycles. The standard InChI is InChI=1S/C18H17FN2O2/c1-21(18(22)15-9-5-6-10-16(15)19)12-14-11-17(20-23-14)13-7-3-2-4-8-13/h2-10,14H,11-12H2,1H3. The number of likely N-dealkylation sites (N-methyl/N-ethyl adjacent to an activating group) is 1. The predicted molar refractivity (Wildman–Crippen MR) is 85.8 cm³/mol. The molecule has 1 unspecified atom stereocenters. The molecule has 0 saturated heterocycles. The first-order valence-electron chi connectivity index (χ1n) is 7.43. The van der Waals surface area contributed by atoms with E-state index in [1.54, 1.807) is 19.2 Å². The SMILES string of the molecule is CN(CC1CC(c2ccccc2)=NO1)C(=O)c1ccccc1F. The number of nitrogens with zero attached hydrogens (tertiary/aromatic N) is 2. The molecule has 0 saturated carbocycles. The molecule has 0 bridgehead atoms. The fourth-order valence-electron chi connectivity index (χ4n) is 2.56. The van der Waals surface area contributed by atoms with Gasteiger partial charge in [-0.2, -0.15) is 0 Å². The molecule has 1 heterocycles. The van der Waals surface area contributed by atoms with Crippen LogP contribution < -0.4 is 0 Å². The number of oxime groups is 1. The van der Waals surface area contributed by atoms with E-state index >= 15 is 0 Å². The van der Waals surface area contributed by atoms with Crippen LogP contribution in [0.4, 0.5) is 4.39 Å². The van der Waals surface area contributed by atoms with Crippen molar-refractivity contribution in [2.45, 2.75) is 12.5 Å². The zero-order chi connectivity index (χ0) is 16.2. The number of amides is 1. The Morgan fingerprint density at radius 1 is 1.22 bits per heavy atom. The van der Waals surface area contributed by atoms with E-state index in [2.05, 4.69) is 5.16 Å². The van der Waals surface area contributed by atoms with Gasteiger partial charge in [-0.15, -0.1) is 0 Å². The first-order chi connectivity index (χ1) is 11.1. The number of halogens is 1. The van der Waals surface area contributed by atoms with Crippen molar-refractivity contribution < 1.29 is 14.0 Å². The van der Waals surface area contributed by atoms with E-state index in [-0.39, 0.29) is 17.6 Å². The third-order valence-electron chi connectivity index (χ3n) is 3.77. The Morgan fingerprint density at radius 2 is 1.91 bits per heavy atom. The zero-order valence-corrected chi connectivity index (χ0v) is 12.8. The lowest BCUT2D eigenvalue weighted by Crippen LogP contribution is -2.35. The summed E-state index contributed by atoms with van der Waals surface area (Å²) in [6.07, 6.45) is 0.407. The topological polar surface area (TPSA) is 41.9 Å². The number of carbonyl (C=O) groups is 1. The molecule has 0 spiro atoms. The summed E-state index contributed by atoms with van der Waals surface area (Å²) in [6.45, 7) is 0.354. The summed E-state index contributed by atoms with van der Waals surface area (Å²) in [7, 11) is 1.64. The van der Waals surface area contributed by atoms with E-state index in [1.807, 2.05) is 30.3 Å². The van der Waals surface area contributed by atoms with Crippen LogP contribution in [-0.2, 0) is 4.84 Å². The molecule has 0 fully saturated rings. The summed E-state index contributed by atoms with van der Waals surface area (Å²) in [6, 6.07) is 15.7. The summed E-state index contributed by atoms with van der Waals surface area (Å²) in [4.78, 5) is 19.2. The van der Waals surface area contributed by atoms with Crippen LogP contribution >= 0.6 is 0 Å². The summed E-state index contributed by atoms with van der Waals surface area (Å²) in [5, 5.41) is 4.09. The fraction of sp³-hybridized carbons (Fsp3) is 0.222. The largest absolute Gasteiger partial charge is 0.390 e. The van der Waals surface area contributed by atoms with E-state index in [0.29, 0.717) is 13.0 Å². The van der Waals surface area contributed by atoms with E-state index in [9.17, 15) is 9.18 Å². The van der Waals surface area contributed by atoms with Crippen molar-refractivity contribution >= 4 is 11.6 Å². The Labute approximate surface area is 134 Å². The number of rotatable bonds is 4. The monoisotopic (exact) mass is 312 g/mol. The van der Waals surface area contributed by atoms with E-state index in [4.69, 9.17) is 4.84 Å². The second kappa shape index (κ2) is 6.60. The van der Waals surface area contributed by atoms with Crippen LogP contribution in [0.5, 0.6) is 0 Å². The van der Waals surface area contributed by atoms with Crippen LogP contribution in [-0.4, -0.2) is 36.2 Å². The van der Waals surface area contributed by atoms with Crippen LogP contribution in [0.1, 0.15) is 22.3 Å². The Hall–Kier alpha value is -2.69. The van der Waals surface area contributed by atoms with Gasteiger partial charge in [0.25, 0.3) is 5.91 Å². The maximum Gasteiger partial charge on any atom is 0.256 e. The first kappa shape index (κ1) is 15.2. The molecule has 2 aromatic carbocycles. The molecule has 2 aromatic rings. The molecule has 23 heavy (non-hydrogen) atoms. The summed E-state index contributed by atoms with van der Waals surface area (Å²) >= 11 is 0. The van der Waals surface area contributed by atoms with Crippen LogP contribution in [0.3, 0.4) is 0 Å². The molecule has 1 atom stereocenters. The van der Waals surface area contributed by atoms with Crippen molar-refractivity contribution in [3.05, 3.63) is 71.5 Å². The third kappa shape index (κ3) is 3.39. The first-order valence-corrected chi connectivity index (χ1v) is 7.43. The average Bonchev–Trinajstić information content (AvgIpc) is 3.04. The summed E-state index contributed by atoms with van der Waals surface area (Å²) in [5.41, 5.74) is 1.94. The van der Waals surface area contributed by atoms with Gasteiger partial charge in [0, 0.05) is 13.5 Å². The molecule has 1 amide bonds. The van der Waals surface area contributed by atoms with Crippen LogP contribution in [0.25, 0.3) is 0 Å². The van der Waals surface area contributed by atoms with E-state index in [0.717, 1.165) is 11.3 Å². The molecule has 0 N–H and O–H groups in total. The van der Waals surface area contributed by atoms with Gasteiger partial charge in [0.1, 0.15) is 5.82 Å². The third-order valence-corrected chi connectivity index (χ3v) is 3.77. The van der Waals surface area contributed by atoms with Gasteiger partial charge in [-0.25, -0.2) is 4.39 Å². The molecule has 0 aliphatic carbocycles. The van der Waals surface area contributed by atoms with Gasteiger partial charge in [-0.1, -0.05) is 47.6 Å². The highest BCUT2D eigenvalue weighted by atomic mass is 19.1. The minimum atomic E-state index is -0.516. The molecule has 0 aromatic heterocycles. The van der Waals surface area contributed by atoms with Gasteiger partial charge in [0.05, 0.1) is 17.8 Å². The van der Waals surface area contributed by atoms with Gasteiger partial charge in [0.15, 0.2) is 6.10 Å².